The molecule has 2 aromatic heterocycles. The van der Waals surface area contributed by atoms with Crippen LogP contribution in [0.3, 0.4) is 0 Å². The molecule has 108 valence electrons. The summed E-state index contributed by atoms with van der Waals surface area (Å²) in [5.74, 6) is 0.410. The minimum Gasteiger partial charge on any atom is -0.340 e. The standard InChI is InChI=1S/C13H10F3N5/c1-21-12-10(6-19-21)11(17-7-18-12)20-9-4-2-3-8(5-9)13(14,15)16/h2-7H,1H3,(H,17,18,20). The lowest BCUT2D eigenvalue weighted by molar-refractivity contribution is -0.137. The van der Waals surface area contributed by atoms with Gasteiger partial charge in [0.25, 0.3) is 0 Å². The molecule has 21 heavy (non-hydrogen) atoms. The van der Waals surface area contributed by atoms with Crippen LogP contribution in [0.15, 0.2) is 36.8 Å². The predicted molar refractivity (Wildman–Crippen MR) is 71.0 cm³/mol. The van der Waals surface area contributed by atoms with E-state index in [1.54, 1.807) is 24.0 Å². The van der Waals surface area contributed by atoms with E-state index < -0.39 is 11.7 Å². The lowest BCUT2D eigenvalue weighted by atomic mass is 10.2. The number of anilines is 2. The molecule has 3 rings (SSSR count). The molecule has 0 aliphatic carbocycles. The highest BCUT2D eigenvalue weighted by Crippen LogP contribution is 2.31. The second-order valence-electron chi connectivity index (χ2n) is 4.43. The Labute approximate surface area is 117 Å². The largest absolute Gasteiger partial charge is 0.416 e. The number of fused-ring (bicyclic) bond motifs is 1. The number of hydrogen-bond acceptors (Lipinski definition) is 4. The molecule has 0 aliphatic heterocycles. The summed E-state index contributed by atoms with van der Waals surface area (Å²) in [5, 5.41) is 7.55. The molecule has 1 aromatic carbocycles. The van der Waals surface area contributed by atoms with E-state index in [4.69, 9.17) is 0 Å². The van der Waals surface area contributed by atoms with Crippen LogP contribution in [0, 0.1) is 0 Å². The third-order valence-corrected chi connectivity index (χ3v) is 2.98. The van der Waals surface area contributed by atoms with E-state index >= 15 is 0 Å². The van der Waals surface area contributed by atoms with Gasteiger partial charge in [0.05, 0.1) is 17.1 Å². The number of aromatic nitrogens is 4. The van der Waals surface area contributed by atoms with Crippen LogP contribution in [0.5, 0.6) is 0 Å². The summed E-state index contributed by atoms with van der Waals surface area (Å²) in [6, 6.07) is 4.93. The van der Waals surface area contributed by atoms with Crippen molar-refractivity contribution in [3.05, 3.63) is 42.4 Å². The third-order valence-electron chi connectivity index (χ3n) is 2.98. The molecule has 0 atom stereocenters. The maximum atomic E-state index is 12.7. The molecule has 0 aliphatic rings. The first kappa shape index (κ1) is 13.3. The molecule has 8 heteroatoms. The number of alkyl halides is 3. The summed E-state index contributed by atoms with van der Waals surface area (Å²) in [7, 11) is 1.73. The topological polar surface area (TPSA) is 55.6 Å². The SMILES string of the molecule is Cn1ncc2c(Nc3cccc(C(F)(F)F)c3)ncnc21. The van der Waals surface area contributed by atoms with Crippen LogP contribution in [0.2, 0.25) is 0 Å². The van der Waals surface area contributed by atoms with Crippen molar-refractivity contribution in [2.24, 2.45) is 7.05 Å². The van der Waals surface area contributed by atoms with E-state index in [2.05, 4.69) is 20.4 Å². The Morgan fingerprint density at radius 2 is 2.00 bits per heavy atom. The first-order chi connectivity index (χ1) is 9.95. The highest BCUT2D eigenvalue weighted by atomic mass is 19.4. The average molecular weight is 293 g/mol. The van der Waals surface area contributed by atoms with Crippen LogP contribution in [0.25, 0.3) is 11.0 Å². The van der Waals surface area contributed by atoms with Gasteiger partial charge in [0.2, 0.25) is 0 Å². The molecule has 0 fully saturated rings. The molecule has 1 N–H and O–H groups in total. The molecule has 0 amide bonds. The van der Waals surface area contributed by atoms with Gasteiger partial charge in [-0.05, 0) is 18.2 Å². The second-order valence-corrected chi connectivity index (χ2v) is 4.43. The van der Waals surface area contributed by atoms with Crippen LogP contribution in [0.1, 0.15) is 5.56 Å². The molecule has 0 spiro atoms. The first-order valence-electron chi connectivity index (χ1n) is 6.02. The molecule has 0 radical (unpaired) electrons. The van der Waals surface area contributed by atoms with Crippen molar-refractivity contribution in [3.63, 3.8) is 0 Å². The van der Waals surface area contributed by atoms with Crippen molar-refractivity contribution in [1.82, 2.24) is 19.7 Å². The second kappa shape index (κ2) is 4.72. The van der Waals surface area contributed by atoms with Crippen molar-refractivity contribution >= 4 is 22.5 Å². The van der Waals surface area contributed by atoms with E-state index in [-0.39, 0.29) is 0 Å². The van der Waals surface area contributed by atoms with Gasteiger partial charge in [-0.2, -0.15) is 18.3 Å². The highest BCUT2D eigenvalue weighted by Gasteiger charge is 2.30. The molecular weight excluding hydrogens is 283 g/mol. The van der Waals surface area contributed by atoms with Gasteiger partial charge in [0, 0.05) is 12.7 Å². The fourth-order valence-electron chi connectivity index (χ4n) is 1.97. The molecule has 3 aromatic rings. The zero-order valence-electron chi connectivity index (χ0n) is 10.9. The lowest BCUT2D eigenvalue weighted by Crippen LogP contribution is -2.05. The summed E-state index contributed by atoms with van der Waals surface area (Å²) in [6.45, 7) is 0. The number of hydrogen-bond donors (Lipinski definition) is 1. The van der Waals surface area contributed by atoms with Gasteiger partial charge in [-0.3, -0.25) is 4.68 Å². The zero-order chi connectivity index (χ0) is 15.0. The summed E-state index contributed by atoms with van der Waals surface area (Å²) in [6.07, 6.45) is -1.49. The Morgan fingerprint density at radius 3 is 2.76 bits per heavy atom. The zero-order valence-corrected chi connectivity index (χ0v) is 10.9. The minimum atomic E-state index is -4.38. The van der Waals surface area contributed by atoms with Crippen molar-refractivity contribution in [3.8, 4) is 0 Å². The molecule has 0 saturated heterocycles. The Morgan fingerprint density at radius 1 is 1.19 bits per heavy atom. The molecule has 0 saturated carbocycles. The van der Waals surface area contributed by atoms with Crippen LogP contribution in [-0.2, 0) is 13.2 Å². The summed E-state index contributed by atoms with van der Waals surface area (Å²) >= 11 is 0. The summed E-state index contributed by atoms with van der Waals surface area (Å²) < 4.78 is 39.7. The molecular formula is C13H10F3N5. The van der Waals surface area contributed by atoms with Gasteiger partial charge in [-0.15, -0.1) is 0 Å². The van der Waals surface area contributed by atoms with Crippen LogP contribution < -0.4 is 5.32 Å². The summed E-state index contributed by atoms with van der Waals surface area (Å²) in [5.41, 5.74) is 0.178. The fourth-order valence-corrected chi connectivity index (χ4v) is 1.97. The van der Waals surface area contributed by atoms with E-state index in [1.165, 1.54) is 12.4 Å². The molecule has 5 nitrogen and oxygen atoms in total. The van der Waals surface area contributed by atoms with Crippen LogP contribution in [-0.4, -0.2) is 19.7 Å². The Kier molecular flexibility index (Phi) is 3.00. The van der Waals surface area contributed by atoms with Gasteiger partial charge >= 0.3 is 6.18 Å². The van der Waals surface area contributed by atoms with Gasteiger partial charge in [0.15, 0.2) is 5.65 Å². The Balaban J connectivity index is 1.99. The van der Waals surface area contributed by atoms with Crippen molar-refractivity contribution in [2.75, 3.05) is 5.32 Å². The smallest absolute Gasteiger partial charge is 0.340 e. The predicted octanol–water partition coefficient (Wildman–Crippen LogP) is 3.13. The monoisotopic (exact) mass is 293 g/mol. The van der Waals surface area contributed by atoms with Gasteiger partial charge in [0.1, 0.15) is 12.1 Å². The molecule has 0 unspecified atom stereocenters. The number of aryl methyl sites for hydroxylation is 1. The maximum absolute atomic E-state index is 12.7. The number of rotatable bonds is 2. The molecule has 0 bridgehead atoms. The van der Waals surface area contributed by atoms with E-state index in [0.717, 1.165) is 12.1 Å². The van der Waals surface area contributed by atoms with Crippen molar-refractivity contribution in [2.45, 2.75) is 6.18 Å². The van der Waals surface area contributed by atoms with Crippen LogP contribution in [0.4, 0.5) is 24.7 Å². The Bertz CT molecular complexity index is 794. The lowest BCUT2D eigenvalue weighted by Gasteiger charge is -2.10. The summed E-state index contributed by atoms with van der Waals surface area (Å²) in [4.78, 5) is 8.12. The van der Waals surface area contributed by atoms with Gasteiger partial charge < -0.3 is 5.32 Å². The number of benzene rings is 1. The normalized spacial score (nSPS) is 11.8. The quantitative estimate of drug-likeness (QED) is 0.788. The molecule has 2 heterocycles. The number of nitrogens with zero attached hydrogens (tertiary/aromatic N) is 4. The fraction of sp³-hybridized carbons (Fsp3) is 0.154. The maximum Gasteiger partial charge on any atom is 0.416 e. The Hall–Kier alpha value is -2.64. The van der Waals surface area contributed by atoms with E-state index in [1.807, 2.05) is 0 Å². The highest BCUT2D eigenvalue weighted by molar-refractivity contribution is 5.88. The number of halogens is 3. The van der Waals surface area contributed by atoms with E-state index in [9.17, 15) is 13.2 Å². The van der Waals surface area contributed by atoms with Gasteiger partial charge in [-0.1, -0.05) is 6.07 Å². The number of nitrogens with one attached hydrogen (secondary N) is 1. The van der Waals surface area contributed by atoms with Crippen molar-refractivity contribution in [1.29, 1.82) is 0 Å². The van der Waals surface area contributed by atoms with Crippen LogP contribution >= 0.6 is 0 Å². The van der Waals surface area contributed by atoms with Gasteiger partial charge in [-0.25, -0.2) is 9.97 Å². The average Bonchev–Trinajstić information content (AvgIpc) is 2.81. The minimum absolute atomic E-state index is 0.300. The third kappa shape index (κ3) is 2.51. The first-order valence-corrected chi connectivity index (χ1v) is 6.02. The van der Waals surface area contributed by atoms with Crippen molar-refractivity contribution < 1.29 is 13.2 Å². The van der Waals surface area contributed by atoms with E-state index in [0.29, 0.717) is 22.5 Å².